The molecule has 1 atom stereocenters. The van der Waals surface area contributed by atoms with Crippen molar-refractivity contribution in [2.45, 2.75) is 46.3 Å². The summed E-state index contributed by atoms with van der Waals surface area (Å²) in [6, 6.07) is 15.5. The van der Waals surface area contributed by atoms with Gasteiger partial charge >= 0.3 is 12.1 Å². The summed E-state index contributed by atoms with van der Waals surface area (Å²) in [5.74, 6) is 0.279. The predicted molar refractivity (Wildman–Crippen MR) is 106 cm³/mol. The number of carboxylic acids is 1. The van der Waals surface area contributed by atoms with Crippen molar-refractivity contribution in [1.29, 1.82) is 0 Å². The molecule has 2 rings (SSSR count). The third-order valence-electron chi connectivity index (χ3n) is 4.13. The van der Waals surface area contributed by atoms with Gasteiger partial charge in [-0.3, -0.25) is 4.79 Å². The Morgan fingerprint density at radius 1 is 0.893 bits per heavy atom. The van der Waals surface area contributed by atoms with E-state index in [0.717, 1.165) is 0 Å². The maximum Gasteiger partial charge on any atom is 0.408 e. The summed E-state index contributed by atoms with van der Waals surface area (Å²) >= 11 is 0. The molecule has 28 heavy (non-hydrogen) atoms. The van der Waals surface area contributed by atoms with Gasteiger partial charge in [0, 0.05) is 0 Å². The molecule has 0 heterocycles. The molecule has 6 heteroatoms. The number of para-hydroxylation sites is 1. The first-order valence-electron chi connectivity index (χ1n) is 9.05. The van der Waals surface area contributed by atoms with E-state index in [9.17, 15) is 14.7 Å². The molecule has 0 bridgehead atoms. The predicted octanol–water partition coefficient (Wildman–Crippen LogP) is 5.16. The van der Waals surface area contributed by atoms with Gasteiger partial charge in [-0.25, -0.2) is 4.79 Å². The topological polar surface area (TPSA) is 84.9 Å². The van der Waals surface area contributed by atoms with E-state index in [-0.39, 0.29) is 0 Å². The van der Waals surface area contributed by atoms with Gasteiger partial charge in [0.2, 0.25) is 0 Å². The largest absolute Gasteiger partial charge is 0.481 e. The Hall–Kier alpha value is -3.02. The number of carbonyl (C=O) groups excluding carboxylic acids is 1. The Morgan fingerprint density at radius 3 is 1.93 bits per heavy atom. The van der Waals surface area contributed by atoms with Crippen molar-refractivity contribution in [3.63, 3.8) is 0 Å². The van der Waals surface area contributed by atoms with Crippen molar-refractivity contribution in [3.8, 4) is 11.5 Å². The van der Waals surface area contributed by atoms with Gasteiger partial charge in [-0.15, -0.1) is 0 Å². The molecule has 0 fully saturated rings. The third kappa shape index (κ3) is 5.74. The number of ether oxygens (including phenoxy) is 2. The van der Waals surface area contributed by atoms with Crippen LogP contribution in [-0.4, -0.2) is 22.8 Å². The molecule has 0 saturated carbocycles. The van der Waals surface area contributed by atoms with Crippen LogP contribution in [0.3, 0.4) is 0 Å². The molecule has 0 aliphatic heterocycles. The highest BCUT2D eigenvalue weighted by atomic mass is 16.6. The standard InChI is InChI=1S/C22H27NO5/c1-21(2,3)28-20(26)23-18(22(4,5)19(24)25)15-11-13-17(14-12-15)27-16-9-7-6-8-10-16/h6-14,18H,1-5H3,(H,23,26)(H,24,25). The lowest BCUT2D eigenvalue weighted by Gasteiger charge is -2.32. The molecule has 2 aromatic rings. The van der Waals surface area contributed by atoms with Crippen molar-refractivity contribution in [2.24, 2.45) is 5.41 Å². The first-order chi connectivity index (χ1) is 13.0. The lowest BCUT2D eigenvalue weighted by molar-refractivity contribution is -0.148. The molecule has 0 aliphatic carbocycles. The number of carbonyl (C=O) groups is 2. The van der Waals surface area contributed by atoms with Crippen LogP contribution in [0.4, 0.5) is 4.79 Å². The van der Waals surface area contributed by atoms with E-state index in [1.165, 1.54) is 0 Å². The van der Waals surface area contributed by atoms with Crippen LogP contribution in [-0.2, 0) is 9.53 Å². The smallest absolute Gasteiger partial charge is 0.408 e. The monoisotopic (exact) mass is 385 g/mol. The number of hydrogen-bond donors (Lipinski definition) is 2. The van der Waals surface area contributed by atoms with Gasteiger partial charge in [0.15, 0.2) is 0 Å². The zero-order valence-corrected chi connectivity index (χ0v) is 16.9. The maximum atomic E-state index is 12.3. The molecule has 2 aromatic carbocycles. The Labute approximate surface area is 165 Å². The summed E-state index contributed by atoms with van der Waals surface area (Å²) in [6.07, 6.45) is -0.670. The van der Waals surface area contributed by atoms with Gasteiger partial charge in [-0.05, 0) is 64.4 Å². The van der Waals surface area contributed by atoms with Crippen molar-refractivity contribution in [2.75, 3.05) is 0 Å². The molecular formula is C22H27NO5. The van der Waals surface area contributed by atoms with E-state index in [1.54, 1.807) is 58.9 Å². The zero-order chi connectivity index (χ0) is 20.9. The highest BCUT2D eigenvalue weighted by Gasteiger charge is 2.39. The van der Waals surface area contributed by atoms with Crippen LogP contribution >= 0.6 is 0 Å². The molecular weight excluding hydrogens is 358 g/mol. The van der Waals surface area contributed by atoms with Gasteiger partial charge < -0.3 is 19.9 Å². The number of hydrogen-bond acceptors (Lipinski definition) is 4. The highest BCUT2D eigenvalue weighted by Crippen LogP contribution is 2.35. The van der Waals surface area contributed by atoms with E-state index < -0.39 is 29.1 Å². The Bertz CT molecular complexity index is 807. The second-order valence-corrected chi connectivity index (χ2v) is 8.09. The Balaban J connectivity index is 2.25. The van der Waals surface area contributed by atoms with E-state index in [4.69, 9.17) is 9.47 Å². The molecule has 0 aromatic heterocycles. The summed E-state index contributed by atoms with van der Waals surface area (Å²) in [7, 11) is 0. The van der Waals surface area contributed by atoms with Crippen LogP contribution in [0.5, 0.6) is 11.5 Å². The van der Waals surface area contributed by atoms with Crippen LogP contribution in [0.1, 0.15) is 46.2 Å². The zero-order valence-electron chi connectivity index (χ0n) is 16.9. The van der Waals surface area contributed by atoms with E-state index >= 15 is 0 Å². The molecule has 1 amide bonds. The summed E-state index contributed by atoms with van der Waals surface area (Å²) in [6.45, 7) is 8.37. The molecule has 2 N–H and O–H groups in total. The minimum Gasteiger partial charge on any atom is -0.481 e. The summed E-state index contributed by atoms with van der Waals surface area (Å²) in [4.78, 5) is 24.1. The molecule has 0 aliphatic rings. The summed E-state index contributed by atoms with van der Waals surface area (Å²) in [5.41, 5.74) is -1.30. The fourth-order valence-electron chi connectivity index (χ4n) is 2.58. The SMILES string of the molecule is CC(C)(C)OC(=O)NC(c1ccc(Oc2ccccc2)cc1)C(C)(C)C(=O)O. The summed E-state index contributed by atoms with van der Waals surface area (Å²) < 4.78 is 11.1. The third-order valence-corrected chi connectivity index (χ3v) is 4.13. The molecule has 1 unspecified atom stereocenters. The van der Waals surface area contributed by atoms with E-state index in [1.807, 2.05) is 30.3 Å². The fraction of sp³-hybridized carbons (Fsp3) is 0.364. The quantitative estimate of drug-likeness (QED) is 0.718. The van der Waals surface area contributed by atoms with Crippen molar-refractivity contribution in [1.82, 2.24) is 5.32 Å². The number of amides is 1. The van der Waals surface area contributed by atoms with Crippen molar-refractivity contribution < 1.29 is 24.2 Å². The van der Waals surface area contributed by atoms with Gasteiger partial charge in [0.1, 0.15) is 17.1 Å². The van der Waals surface area contributed by atoms with Crippen LogP contribution in [0, 0.1) is 5.41 Å². The minimum atomic E-state index is -1.25. The second kappa shape index (κ2) is 8.33. The molecule has 6 nitrogen and oxygen atoms in total. The maximum absolute atomic E-state index is 12.3. The molecule has 0 saturated heterocycles. The second-order valence-electron chi connectivity index (χ2n) is 8.09. The first kappa shape index (κ1) is 21.3. The first-order valence-corrected chi connectivity index (χ1v) is 9.05. The van der Waals surface area contributed by atoms with Crippen LogP contribution < -0.4 is 10.1 Å². The lowest BCUT2D eigenvalue weighted by Crippen LogP contribution is -2.44. The normalized spacial score (nSPS) is 12.8. The van der Waals surface area contributed by atoms with Gasteiger partial charge in [-0.2, -0.15) is 0 Å². The molecule has 0 radical (unpaired) electrons. The minimum absolute atomic E-state index is 0.610. The number of carboxylic acid groups (broad SMARTS) is 1. The van der Waals surface area contributed by atoms with Crippen LogP contribution in [0.2, 0.25) is 0 Å². The van der Waals surface area contributed by atoms with Crippen molar-refractivity contribution >= 4 is 12.1 Å². The van der Waals surface area contributed by atoms with Crippen molar-refractivity contribution in [3.05, 3.63) is 60.2 Å². The van der Waals surface area contributed by atoms with Gasteiger partial charge in [0.05, 0.1) is 11.5 Å². The average Bonchev–Trinajstić information content (AvgIpc) is 2.59. The Kier molecular flexibility index (Phi) is 6.33. The van der Waals surface area contributed by atoms with E-state index in [2.05, 4.69) is 5.32 Å². The fourth-order valence-corrected chi connectivity index (χ4v) is 2.58. The lowest BCUT2D eigenvalue weighted by atomic mass is 9.80. The Morgan fingerprint density at radius 2 is 1.43 bits per heavy atom. The molecule has 0 spiro atoms. The van der Waals surface area contributed by atoms with Gasteiger partial charge in [0.25, 0.3) is 0 Å². The number of nitrogens with one attached hydrogen (secondary N) is 1. The van der Waals surface area contributed by atoms with E-state index in [0.29, 0.717) is 17.1 Å². The average molecular weight is 385 g/mol. The number of rotatable bonds is 6. The number of benzene rings is 2. The number of aliphatic carboxylic acids is 1. The van der Waals surface area contributed by atoms with Crippen LogP contribution in [0.25, 0.3) is 0 Å². The highest BCUT2D eigenvalue weighted by molar-refractivity contribution is 5.77. The van der Waals surface area contributed by atoms with Gasteiger partial charge in [-0.1, -0.05) is 30.3 Å². The van der Waals surface area contributed by atoms with Crippen LogP contribution in [0.15, 0.2) is 54.6 Å². The molecule has 150 valence electrons. The number of alkyl carbamates (subject to hydrolysis) is 1. The summed E-state index contributed by atoms with van der Waals surface area (Å²) in [5, 5.41) is 12.3.